The van der Waals surface area contributed by atoms with E-state index in [0.29, 0.717) is 17.5 Å². The molecule has 0 spiro atoms. The minimum absolute atomic E-state index is 0.153. The van der Waals surface area contributed by atoms with Crippen LogP contribution in [-0.2, 0) is 4.79 Å². The lowest BCUT2D eigenvalue weighted by Gasteiger charge is -2.13. The van der Waals surface area contributed by atoms with E-state index in [9.17, 15) is 4.79 Å². The third kappa shape index (κ3) is 4.49. The number of carbonyl (C=O) groups excluding carboxylic acids is 1. The molecule has 0 aromatic heterocycles. The molecule has 0 radical (unpaired) electrons. The highest BCUT2D eigenvalue weighted by atomic mass is 35.5. The number of rotatable bonds is 6. The van der Waals surface area contributed by atoms with Crippen molar-refractivity contribution in [2.45, 2.75) is 38.3 Å². The first-order valence-electron chi connectivity index (χ1n) is 6.62. The van der Waals surface area contributed by atoms with Gasteiger partial charge in [-0.1, -0.05) is 11.6 Å². The van der Waals surface area contributed by atoms with Gasteiger partial charge in [0.05, 0.1) is 6.04 Å². The number of hydrogen-bond donors (Lipinski definition) is 3. The van der Waals surface area contributed by atoms with Gasteiger partial charge in [-0.3, -0.25) is 4.79 Å². The van der Waals surface area contributed by atoms with E-state index < -0.39 is 6.04 Å². The van der Waals surface area contributed by atoms with Crippen LogP contribution >= 0.6 is 11.6 Å². The molecule has 0 saturated heterocycles. The fraction of sp³-hybridized carbons (Fsp3) is 0.500. The van der Waals surface area contributed by atoms with Gasteiger partial charge >= 0.3 is 0 Å². The molecule has 104 valence electrons. The summed E-state index contributed by atoms with van der Waals surface area (Å²) in [5.74, 6) is -0.153. The van der Waals surface area contributed by atoms with E-state index in [0.717, 1.165) is 17.8 Å². The van der Waals surface area contributed by atoms with Crippen LogP contribution < -0.4 is 16.4 Å². The smallest absolute Gasteiger partial charge is 0.241 e. The van der Waals surface area contributed by atoms with E-state index in [4.69, 9.17) is 17.3 Å². The van der Waals surface area contributed by atoms with Crippen molar-refractivity contribution in [3.05, 3.63) is 28.8 Å². The molecule has 4 nitrogen and oxygen atoms in total. The van der Waals surface area contributed by atoms with Crippen molar-refractivity contribution >= 4 is 23.2 Å². The second kappa shape index (κ2) is 6.37. The van der Waals surface area contributed by atoms with E-state index in [1.807, 2.05) is 13.0 Å². The summed E-state index contributed by atoms with van der Waals surface area (Å²) in [4.78, 5) is 11.9. The summed E-state index contributed by atoms with van der Waals surface area (Å²) < 4.78 is 0. The first-order chi connectivity index (χ1) is 9.06. The highest BCUT2D eigenvalue weighted by Crippen LogP contribution is 2.20. The molecule has 2 rings (SSSR count). The molecule has 1 aromatic carbocycles. The van der Waals surface area contributed by atoms with Gasteiger partial charge in [0.1, 0.15) is 0 Å². The third-order valence-electron chi connectivity index (χ3n) is 3.23. The molecular formula is C14H20ClN3O. The maximum Gasteiger partial charge on any atom is 0.241 e. The Morgan fingerprint density at radius 2 is 2.26 bits per heavy atom. The highest BCUT2D eigenvalue weighted by molar-refractivity contribution is 6.31. The molecule has 1 aliphatic rings. The number of halogens is 1. The normalized spacial score (nSPS) is 16.2. The van der Waals surface area contributed by atoms with E-state index in [-0.39, 0.29) is 5.91 Å². The molecule has 4 N–H and O–H groups in total. The molecule has 19 heavy (non-hydrogen) atoms. The molecule has 0 heterocycles. The topological polar surface area (TPSA) is 67.2 Å². The zero-order chi connectivity index (χ0) is 13.8. The molecule has 0 aliphatic heterocycles. The van der Waals surface area contributed by atoms with Gasteiger partial charge in [0, 0.05) is 16.8 Å². The van der Waals surface area contributed by atoms with Gasteiger partial charge < -0.3 is 16.4 Å². The largest absolute Gasteiger partial charge is 0.325 e. The average Bonchev–Trinajstić information content (AvgIpc) is 3.17. The number of benzene rings is 1. The summed E-state index contributed by atoms with van der Waals surface area (Å²) in [7, 11) is 0. The van der Waals surface area contributed by atoms with Gasteiger partial charge in [0.2, 0.25) is 5.91 Å². The van der Waals surface area contributed by atoms with Crippen LogP contribution in [0.1, 0.15) is 24.8 Å². The summed E-state index contributed by atoms with van der Waals surface area (Å²) in [6.07, 6.45) is 3.13. The average molecular weight is 282 g/mol. The van der Waals surface area contributed by atoms with Crippen molar-refractivity contribution in [3.8, 4) is 0 Å². The molecule has 1 atom stereocenters. The molecule has 5 heteroatoms. The maximum absolute atomic E-state index is 11.9. The lowest BCUT2D eigenvalue weighted by atomic mass is 10.2. The highest BCUT2D eigenvalue weighted by Gasteiger charge is 2.21. The van der Waals surface area contributed by atoms with E-state index >= 15 is 0 Å². The molecule has 1 unspecified atom stereocenters. The predicted molar refractivity (Wildman–Crippen MR) is 78.4 cm³/mol. The Bertz CT molecular complexity index is 460. The zero-order valence-corrected chi connectivity index (χ0v) is 11.8. The van der Waals surface area contributed by atoms with Gasteiger partial charge in [-0.05, 0) is 56.5 Å². The van der Waals surface area contributed by atoms with Crippen molar-refractivity contribution in [1.82, 2.24) is 5.32 Å². The number of hydrogen-bond acceptors (Lipinski definition) is 3. The fourth-order valence-corrected chi connectivity index (χ4v) is 1.94. The van der Waals surface area contributed by atoms with Gasteiger partial charge in [-0.2, -0.15) is 0 Å². The monoisotopic (exact) mass is 281 g/mol. The first-order valence-corrected chi connectivity index (χ1v) is 7.00. The number of nitrogens with two attached hydrogens (primary N) is 1. The Morgan fingerprint density at radius 3 is 2.89 bits per heavy atom. The van der Waals surface area contributed by atoms with Crippen LogP contribution in [0.5, 0.6) is 0 Å². The van der Waals surface area contributed by atoms with Crippen molar-refractivity contribution in [1.29, 1.82) is 0 Å². The van der Waals surface area contributed by atoms with Crippen LogP contribution in [-0.4, -0.2) is 24.5 Å². The molecule has 1 aromatic rings. The van der Waals surface area contributed by atoms with Gasteiger partial charge in [-0.25, -0.2) is 0 Å². The number of carbonyl (C=O) groups is 1. The summed E-state index contributed by atoms with van der Waals surface area (Å²) >= 11 is 5.94. The van der Waals surface area contributed by atoms with Gasteiger partial charge in [0.25, 0.3) is 0 Å². The minimum Gasteiger partial charge on any atom is -0.325 e. The molecule has 1 amide bonds. The Kier molecular flexibility index (Phi) is 4.80. The van der Waals surface area contributed by atoms with Crippen LogP contribution in [0, 0.1) is 6.92 Å². The Morgan fingerprint density at radius 1 is 1.53 bits per heavy atom. The number of aryl methyl sites for hydroxylation is 1. The standard InChI is InChI=1S/C14H20ClN3O/c1-9-8-11(4-5-12(9)15)18-14(19)13(16)6-7-17-10-2-3-10/h4-5,8,10,13,17H,2-3,6-7,16H2,1H3,(H,18,19). The molecular weight excluding hydrogens is 262 g/mol. The molecule has 1 aliphatic carbocycles. The maximum atomic E-state index is 11.9. The summed E-state index contributed by atoms with van der Waals surface area (Å²) in [6.45, 7) is 2.69. The molecule has 1 fully saturated rings. The van der Waals surface area contributed by atoms with Crippen LogP contribution in [0.2, 0.25) is 5.02 Å². The predicted octanol–water partition coefficient (Wildman–Crippen LogP) is 2.06. The van der Waals surface area contributed by atoms with Crippen LogP contribution in [0.25, 0.3) is 0 Å². The number of amides is 1. The molecule has 1 saturated carbocycles. The van der Waals surface area contributed by atoms with Crippen LogP contribution in [0.3, 0.4) is 0 Å². The summed E-state index contributed by atoms with van der Waals surface area (Å²) in [6, 6.07) is 5.56. The SMILES string of the molecule is Cc1cc(NC(=O)C(N)CCNC2CC2)ccc1Cl. The van der Waals surface area contributed by atoms with Crippen LogP contribution in [0.15, 0.2) is 18.2 Å². The number of nitrogens with one attached hydrogen (secondary N) is 2. The summed E-state index contributed by atoms with van der Waals surface area (Å²) in [5.41, 5.74) is 7.53. The van der Waals surface area contributed by atoms with Crippen molar-refractivity contribution in [2.75, 3.05) is 11.9 Å². The lowest BCUT2D eigenvalue weighted by molar-refractivity contribution is -0.117. The Labute approximate surface area is 118 Å². The fourth-order valence-electron chi connectivity index (χ4n) is 1.82. The Balaban J connectivity index is 1.79. The second-order valence-electron chi connectivity index (χ2n) is 5.08. The minimum atomic E-state index is -0.484. The van der Waals surface area contributed by atoms with Gasteiger partial charge in [-0.15, -0.1) is 0 Å². The van der Waals surface area contributed by atoms with E-state index in [1.54, 1.807) is 12.1 Å². The van der Waals surface area contributed by atoms with Crippen molar-refractivity contribution in [3.63, 3.8) is 0 Å². The number of anilines is 1. The van der Waals surface area contributed by atoms with E-state index in [1.165, 1.54) is 12.8 Å². The van der Waals surface area contributed by atoms with E-state index in [2.05, 4.69) is 10.6 Å². The first kappa shape index (κ1) is 14.3. The Hall–Kier alpha value is -1.10. The van der Waals surface area contributed by atoms with Gasteiger partial charge in [0.15, 0.2) is 0 Å². The van der Waals surface area contributed by atoms with Crippen LogP contribution in [0.4, 0.5) is 5.69 Å². The summed E-state index contributed by atoms with van der Waals surface area (Å²) in [5, 5.41) is 6.85. The van der Waals surface area contributed by atoms with Crippen molar-refractivity contribution < 1.29 is 4.79 Å². The second-order valence-corrected chi connectivity index (χ2v) is 5.48. The quantitative estimate of drug-likeness (QED) is 0.748. The third-order valence-corrected chi connectivity index (χ3v) is 3.65. The van der Waals surface area contributed by atoms with Crippen molar-refractivity contribution in [2.24, 2.45) is 5.73 Å². The molecule has 0 bridgehead atoms. The lowest BCUT2D eigenvalue weighted by Crippen LogP contribution is -2.38. The zero-order valence-electron chi connectivity index (χ0n) is 11.1.